The molecule has 6 heteroatoms. The maximum atomic E-state index is 12.5. The first-order valence-corrected chi connectivity index (χ1v) is 9.70. The first-order valence-electron chi connectivity index (χ1n) is 8.51. The molecule has 0 aliphatic carbocycles. The van der Waals surface area contributed by atoms with Gasteiger partial charge in [0.25, 0.3) is 0 Å². The first-order chi connectivity index (χ1) is 12.5. The van der Waals surface area contributed by atoms with Crippen LogP contribution in [0.3, 0.4) is 0 Å². The second-order valence-corrected chi connectivity index (χ2v) is 7.85. The first kappa shape index (κ1) is 18.7. The fourth-order valence-electron chi connectivity index (χ4n) is 2.93. The predicted molar refractivity (Wildman–Crippen MR) is 105 cm³/mol. The smallest absolute Gasteiger partial charge is 0.223 e. The van der Waals surface area contributed by atoms with Crippen molar-refractivity contribution < 1.29 is 14.0 Å². The number of amides is 1. The van der Waals surface area contributed by atoms with E-state index in [-0.39, 0.29) is 24.5 Å². The van der Waals surface area contributed by atoms with Crippen LogP contribution in [-0.2, 0) is 17.8 Å². The number of aryl methyl sites for hydroxylation is 1. The minimum atomic E-state index is -0.0617. The highest BCUT2D eigenvalue weighted by Crippen LogP contribution is 2.27. The van der Waals surface area contributed by atoms with Crippen molar-refractivity contribution in [3.05, 3.63) is 56.9 Å². The number of benzene rings is 1. The molecule has 0 saturated carbocycles. The fourth-order valence-corrected chi connectivity index (χ4v) is 3.94. The number of carbonyl (C=O) groups excluding carboxylic acids is 2. The van der Waals surface area contributed by atoms with Gasteiger partial charge in [-0.25, -0.2) is 0 Å². The number of rotatable bonds is 7. The van der Waals surface area contributed by atoms with Crippen molar-refractivity contribution in [1.29, 1.82) is 0 Å². The van der Waals surface area contributed by atoms with Gasteiger partial charge < -0.3 is 9.32 Å². The van der Waals surface area contributed by atoms with E-state index in [9.17, 15) is 9.59 Å². The van der Waals surface area contributed by atoms with Crippen LogP contribution in [0.1, 0.15) is 40.8 Å². The van der Waals surface area contributed by atoms with Gasteiger partial charge in [-0.05, 0) is 18.2 Å². The minimum absolute atomic E-state index is 0.0494. The summed E-state index contributed by atoms with van der Waals surface area (Å²) in [6.45, 7) is 2.51. The zero-order valence-electron chi connectivity index (χ0n) is 14.8. The van der Waals surface area contributed by atoms with Gasteiger partial charge in [0.2, 0.25) is 5.91 Å². The van der Waals surface area contributed by atoms with E-state index in [1.54, 1.807) is 24.1 Å². The lowest BCUT2D eigenvalue weighted by Crippen LogP contribution is -2.26. The van der Waals surface area contributed by atoms with Crippen LogP contribution in [0.2, 0.25) is 4.34 Å². The lowest BCUT2D eigenvalue weighted by atomic mass is 10.1. The summed E-state index contributed by atoms with van der Waals surface area (Å²) >= 11 is 7.10. The van der Waals surface area contributed by atoms with Crippen LogP contribution < -0.4 is 0 Å². The Morgan fingerprint density at radius 3 is 2.62 bits per heavy atom. The molecule has 3 rings (SSSR count). The Morgan fingerprint density at radius 2 is 1.92 bits per heavy atom. The number of carbonyl (C=O) groups is 2. The highest BCUT2D eigenvalue weighted by Gasteiger charge is 2.18. The van der Waals surface area contributed by atoms with Gasteiger partial charge in [0.15, 0.2) is 5.78 Å². The molecule has 0 radical (unpaired) electrons. The summed E-state index contributed by atoms with van der Waals surface area (Å²) in [5.41, 5.74) is 1.88. The molecule has 0 atom stereocenters. The van der Waals surface area contributed by atoms with E-state index in [1.807, 2.05) is 31.2 Å². The Bertz CT molecular complexity index is 944. The van der Waals surface area contributed by atoms with Crippen LogP contribution in [-0.4, -0.2) is 23.6 Å². The Labute approximate surface area is 161 Å². The van der Waals surface area contributed by atoms with Crippen LogP contribution in [0.25, 0.3) is 11.0 Å². The summed E-state index contributed by atoms with van der Waals surface area (Å²) in [5.74, 6) is 0.787. The van der Waals surface area contributed by atoms with Gasteiger partial charge in [-0.1, -0.05) is 36.7 Å². The summed E-state index contributed by atoms with van der Waals surface area (Å²) in [6.07, 6.45) is 1.14. The van der Waals surface area contributed by atoms with Gasteiger partial charge in [0, 0.05) is 43.8 Å². The molecule has 0 N–H and O–H groups in total. The highest BCUT2D eigenvalue weighted by atomic mass is 35.5. The van der Waals surface area contributed by atoms with E-state index >= 15 is 0 Å². The van der Waals surface area contributed by atoms with Crippen molar-refractivity contribution in [1.82, 2.24) is 4.90 Å². The molecule has 2 aromatic heterocycles. The van der Waals surface area contributed by atoms with Crippen LogP contribution in [0.4, 0.5) is 0 Å². The molecule has 26 heavy (non-hydrogen) atoms. The van der Waals surface area contributed by atoms with Gasteiger partial charge in [-0.3, -0.25) is 9.59 Å². The van der Waals surface area contributed by atoms with Crippen LogP contribution in [0.5, 0.6) is 0 Å². The Kier molecular flexibility index (Phi) is 5.79. The quantitative estimate of drug-likeness (QED) is 0.513. The second kappa shape index (κ2) is 8.06. The van der Waals surface area contributed by atoms with E-state index in [1.165, 1.54) is 11.3 Å². The molecule has 0 aliphatic rings. The maximum absolute atomic E-state index is 12.5. The van der Waals surface area contributed by atoms with Gasteiger partial charge in [-0.15, -0.1) is 11.3 Å². The molecule has 4 nitrogen and oxygen atoms in total. The summed E-state index contributed by atoms with van der Waals surface area (Å²) in [4.78, 5) is 26.9. The number of nitrogens with zero attached hydrogens (tertiary/aromatic N) is 1. The molecule has 0 unspecified atom stereocenters. The monoisotopic (exact) mass is 389 g/mol. The second-order valence-electron chi connectivity index (χ2n) is 6.13. The largest absolute Gasteiger partial charge is 0.461 e. The predicted octanol–water partition coefficient (Wildman–Crippen LogP) is 5.33. The van der Waals surface area contributed by atoms with Gasteiger partial charge in [0.05, 0.1) is 9.21 Å². The molecule has 1 aromatic carbocycles. The number of ketones is 1. The third-order valence-electron chi connectivity index (χ3n) is 4.34. The van der Waals surface area contributed by atoms with Crippen LogP contribution >= 0.6 is 22.9 Å². The van der Waals surface area contributed by atoms with Crippen molar-refractivity contribution in [3.63, 3.8) is 0 Å². The summed E-state index contributed by atoms with van der Waals surface area (Å²) in [7, 11) is 1.76. The molecule has 0 saturated heterocycles. The van der Waals surface area contributed by atoms with E-state index in [0.717, 1.165) is 28.7 Å². The molecule has 1 amide bonds. The third-order valence-corrected chi connectivity index (χ3v) is 5.61. The fraction of sp³-hybridized carbons (Fsp3) is 0.300. The molecular weight excluding hydrogens is 370 g/mol. The van der Waals surface area contributed by atoms with E-state index in [0.29, 0.717) is 15.8 Å². The number of fused-ring (bicyclic) bond motifs is 1. The molecule has 0 spiro atoms. The van der Waals surface area contributed by atoms with Crippen LogP contribution in [0.15, 0.2) is 40.8 Å². The molecule has 0 bridgehead atoms. The Balaban J connectivity index is 1.65. The number of para-hydroxylation sites is 1. The lowest BCUT2D eigenvalue weighted by Gasteiger charge is -2.17. The van der Waals surface area contributed by atoms with Crippen molar-refractivity contribution in [2.24, 2.45) is 0 Å². The third kappa shape index (κ3) is 4.00. The lowest BCUT2D eigenvalue weighted by molar-refractivity contribution is -0.130. The number of hydrogen-bond donors (Lipinski definition) is 0. The average Bonchev–Trinajstić information content (AvgIpc) is 3.23. The van der Waals surface area contributed by atoms with Gasteiger partial charge in [-0.2, -0.15) is 0 Å². The average molecular weight is 390 g/mol. The van der Waals surface area contributed by atoms with E-state index in [4.69, 9.17) is 16.0 Å². The molecular formula is C20H20ClNO3S. The zero-order valence-corrected chi connectivity index (χ0v) is 16.3. The van der Waals surface area contributed by atoms with E-state index in [2.05, 4.69) is 0 Å². The number of halogens is 1. The Morgan fingerprint density at radius 1 is 1.15 bits per heavy atom. The normalized spacial score (nSPS) is 11.0. The van der Waals surface area contributed by atoms with Crippen molar-refractivity contribution >= 4 is 45.6 Å². The molecule has 0 aliphatic heterocycles. The zero-order chi connectivity index (χ0) is 18.7. The minimum Gasteiger partial charge on any atom is -0.461 e. The van der Waals surface area contributed by atoms with Crippen LogP contribution in [0, 0.1) is 0 Å². The summed E-state index contributed by atoms with van der Waals surface area (Å²) in [5, 5.41) is 1.04. The summed E-state index contributed by atoms with van der Waals surface area (Å²) in [6, 6.07) is 11.2. The van der Waals surface area contributed by atoms with Crippen molar-refractivity contribution in [2.45, 2.75) is 32.7 Å². The molecule has 3 aromatic rings. The summed E-state index contributed by atoms with van der Waals surface area (Å²) < 4.78 is 6.46. The van der Waals surface area contributed by atoms with Crippen molar-refractivity contribution in [2.75, 3.05) is 7.05 Å². The number of furan rings is 1. The molecule has 136 valence electrons. The SMILES string of the molecule is CCc1oc2ccccc2c1CN(C)C(=O)CCC(=O)c1ccc(Cl)s1. The number of hydrogen-bond acceptors (Lipinski definition) is 4. The number of Topliss-reactive ketones (excluding diaryl/α,β-unsaturated/α-hetero) is 1. The highest BCUT2D eigenvalue weighted by molar-refractivity contribution is 7.18. The molecule has 0 fully saturated rings. The maximum Gasteiger partial charge on any atom is 0.223 e. The van der Waals surface area contributed by atoms with Gasteiger partial charge >= 0.3 is 0 Å². The number of thiophene rings is 1. The Hall–Kier alpha value is -2.11. The molecule has 2 heterocycles. The van der Waals surface area contributed by atoms with Gasteiger partial charge in [0.1, 0.15) is 11.3 Å². The topological polar surface area (TPSA) is 50.5 Å². The standard InChI is InChI=1S/C20H20ClNO3S/c1-3-16-14(13-6-4-5-7-17(13)25-16)12-22(2)20(24)11-8-15(23)18-9-10-19(21)26-18/h4-7,9-10H,3,8,11-12H2,1-2H3. The van der Waals surface area contributed by atoms with Crippen molar-refractivity contribution in [3.8, 4) is 0 Å². The van der Waals surface area contributed by atoms with E-state index < -0.39 is 0 Å².